The minimum absolute atomic E-state index is 0.530. The van der Waals surface area contributed by atoms with E-state index in [-0.39, 0.29) is 0 Å². The molecule has 0 unspecified atom stereocenters. The Morgan fingerprint density at radius 1 is 0.425 bits per heavy atom. The Balaban J connectivity index is 1.43. The van der Waals surface area contributed by atoms with Crippen molar-refractivity contribution in [3.63, 3.8) is 0 Å². The van der Waals surface area contributed by atoms with E-state index in [0.29, 0.717) is 25.0 Å². The van der Waals surface area contributed by atoms with Crippen LogP contribution in [0.5, 0.6) is 0 Å². The molecule has 4 heteroatoms. The largest absolute Gasteiger partial charge is 0.472 e. The van der Waals surface area contributed by atoms with Crippen molar-refractivity contribution in [1.29, 1.82) is 0 Å². The topological polar surface area (TPSA) is 43.2 Å². The minimum Gasteiger partial charge on any atom is -0.472 e. The van der Waals surface area contributed by atoms with Crippen molar-refractivity contribution in [1.82, 2.24) is 0 Å². The molecule has 0 aromatic heterocycles. The van der Waals surface area contributed by atoms with Gasteiger partial charge in [0, 0.05) is 33.4 Å². The number of hydrogen-bond acceptors (Lipinski definition) is 4. The van der Waals surface area contributed by atoms with E-state index in [4.69, 9.17) is 19.5 Å². The van der Waals surface area contributed by atoms with E-state index in [1.54, 1.807) is 0 Å². The van der Waals surface area contributed by atoms with Gasteiger partial charge >= 0.3 is 0 Å². The number of ether oxygens (including phenoxy) is 2. The molecule has 0 spiro atoms. The first kappa shape index (κ1) is 22.7. The Kier molecular flexibility index (Phi) is 5.23. The molecule has 0 radical (unpaired) electrons. The molecule has 0 bridgehead atoms. The predicted octanol–water partition coefficient (Wildman–Crippen LogP) is 8.88. The fourth-order valence-corrected chi connectivity index (χ4v) is 5.79. The molecule has 0 amide bonds. The first-order chi connectivity index (χ1) is 19.8. The Labute approximate surface area is 231 Å². The van der Waals surface area contributed by atoms with Crippen molar-refractivity contribution >= 4 is 44.7 Å². The van der Waals surface area contributed by atoms with Crippen molar-refractivity contribution in [2.75, 3.05) is 0 Å². The molecule has 4 nitrogen and oxygen atoms in total. The summed E-state index contributed by atoms with van der Waals surface area (Å²) in [5.41, 5.74) is 8.12. The van der Waals surface area contributed by atoms with Gasteiger partial charge in [0.2, 0.25) is 11.8 Å². The van der Waals surface area contributed by atoms with Crippen LogP contribution in [0.3, 0.4) is 0 Å². The second kappa shape index (κ2) is 9.21. The van der Waals surface area contributed by atoms with E-state index >= 15 is 0 Å². The third-order valence-corrected chi connectivity index (χ3v) is 7.73. The number of nitrogens with zero attached hydrogens (tertiary/aromatic N) is 2. The maximum Gasteiger partial charge on any atom is 0.222 e. The molecule has 190 valence electrons. The zero-order chi connectivity index (χ0) is 26.5. The van der Waals surface area contributed by atoms with Crippen LogP contribution in [0, 0.1) is 0 Å². The summed E-state index contributed by atoms with van der Waals surface area (Å²) in [6, 6.07) is 41.8. The second-order valence-corrected chi connectivity index (χ2v) is 10.1. The molecule has 6 aromatic rings. The molecular weight excluding hydrogens is 492 g/mol. The van der Waals surface area contributed by atoms with Crippen molar-refractivity contribution in [3.05, 3.63) is 144 Å². The van der Waals surface area contributed by atoms with Gasteiger partial charge in [0.25, 0.3) is 0 Å². The second-order valence-electron chi connectivity index (χ2n) is 10.1. The molecule has 2 heterocycles. The number of benzene rings is 6. The van der Waals surface area contributed by atoms with Crippen LogP contribution in [0.4, 0.5) is 11.4 Å². The molecule has 0 atom stereocenters. The van der Waals surface area contributed by atoms with E-state index in [1.807, 2.05) is 24.3 Å². The van der Waals surface area contributed by atoms with Gasteiger partial charge in [0.1, 0.15) is 13.2 Å². The average Bonchev–Trinajstić information content (AvgIpc) is 3.61. The molecule has 6 aromatic carbocycles. The third-order valence-electron chi connectivity index (χ3n) is 7.73. The van der Waals surface area contributed by atoms with Gasteiger partial charge in [-0.3, -0.25) is 0 Å². The summed E-state index contributed by atoms with van der Waals surface area (Å²) in [5.74, 6) is 1.29. The molecule has 0 saturated carbocycles. The lowest BCUT2D eigenvalue weighted by Gasteiger charge is -2.16. The molecule has 8 rings (SSSR count). The van der Waals surface area contributed by atoms with Crippen molar-refractivity contribution < 1.29 is 9.47 Å². The summed E-state index contributed by atoms with van der Waals surface area (Å²) in [4.78, 5) is 10.3. The normalized spacial score (nSPS) is 15.8. The van der Waals surface area contributed by atoms with Crippen LogP contribution < -0.4 is 0 Å². The fourth-order valence-electron chi connectivity index (χ4n) is 5.79. The third kappa shape index (κ3) is 3.69. The summed E-state index contributed by atoms with van der Waals surface area (Å²) < 4.78 is 12.2. The predicted molar refractivity (Wildman–Crippen MR) is 162 cm³/mol. The standard InChI is InChI=1S/C36H24N2O2/c1-5-13-27-23(9-1)17-19-31(37-35-29-15-7-3-11-25(29)21-39-35)33(27)34-28-14-6-2-10-24(28)18-20-32(34)38-36-30-16-8-4-12-26(30)22-40-36/h1-20H,21-22H2. The molecule has 2 aliphatic rings. The summed E-state index contributed by atoms with van der Waals surface area (Å²) >= 11 is 0. The van der Waals surface area contributed by atoms with Crippen LogP contribution in [-0.4, -0.2) is 11.8 Å². The Morgan fingerprint density at radius 2 is 0.850 bits per heavy atom. The van der Waals surface area contributed by atoms with E-state index in [1.165, 1.54) is 0 Å². The summed E-state index contributed by atoms with van der Waals surface area (Å²) in [5, 5.41) is 4.51. The molecule has 0 fully saturated rings. The van der Waals surface area contributed by atoms with Crippen molar-refractivity contribution in [3.8, 4) is 11.1 Å². The Bertz CT molecular complexity index is 1880. The van der Waals surface area contributed by atoms with E-state index < -0.39 is 0 Å². The summed E-state index contributed by atoms with van der Waals surface area (Å²) in [7, 11) is 0. The van der Waals surface area contributed by atoms with Gasteiger partial charge in [0.05, 0.1) is 11.4 Å². The van der Waals surface area contributed by atoms with Crippen LogP contribution in [0.25, 0.3) is 32.7 Å². The Morgan fingerprint density at radius 3 is 1.35 bits per heavy atom. The SMILES string of the molecule is c1ccc2c(c1)COC2=Nc1ccc2ccccc2c1-c1c(N=C2OCc3ccccc32)ccc2ccccc12. The number of aliphatic imine (C=N–C) groups is 2. The maximum absolute atomic E-state index is 6.10. The number of rotatable bonds is 3. The molecule has 2 aliphatic heterocycles. The van der Waals surface area contributed by atoms with Gasteiger partial charge < -0.3 is 9.47 Å². The zero-order valence-electron chi connectivity index (χ0n) is 21.7. The lowest BCUT2D eigenvalue weighted by molar-refractivity contribution is 0.313. The van der Waals surface area contributed by atoms with Crippen molar-refractivity contribution in [2.45, 2.75) is 13.2 Å². The summed E-state index contributed by atoms with van der Waals surface area (Å²) in [6.45, 7) is 1.06. The van der Waals surface area contributed by atoms with Crippen LogP contribution in [0.2, 0.25) is 0 Å². The highest BCUT2D eigenvalue weighted by molar-refractivity contribution is 6.14. The van der Waals surface area contributed by atoms with Crippen LogP contribution in [0.15, 0.2) is 131 Å². The van der Waals surface area contributed by atoms with Crippen LogP contribution in [0.1, 0.15) is 22.3 Å². The first-order valence-corrected chi connectivity index (χ1v) is 13.5. The highest BCUT2D eigenvalue weighted by Gasteiger charge is 2.23. The smallest absolute Gasteiger partial charge is 0.222 e. The molecule has 0 aliphatic carbocycles. The molecule has 40 heavy (non-hydrogen) atoms. The van der Waals surface area contributed by atoms with E-state index in [2.05, 4.69) is 97.1 Å². The van der Waals surface area contributed by atoms with Gasteiger partial charge in [-0.05, 0) is 45.8 Å². The van der Waals surface area contributed by atoms with Crippen LogP contribution >= 0.6 is 0 Å². The molecule has 0 N–H and O–H groups in total. The lowest BCUT2D eigenvalue weighted by atomic mass is 9.91. The maximum atomic E-state index is 6.10. The van der Waals surface area contributed by atoms with Crippen LogP contribution in [-0.2, 0) is 22.7 Å². The van der Waals surface area contributed by atoms with E-state index in [0.717, 1.165) is 66.3 Å². The highest BCUT2D eigenvalue weighted by atomic mass is 16.5. The molecular formula is C36H24N2O2. The fraction of sp³-hybridized carbons (Fsp3) is 0.0556. The highest BCUT2D eigenvalue weighted by Crippen LogP contribution is 2.46. The Hall–Kier alpha value is -5.22. The van der Waals surface area contributed by atoms with E-state index in [9.17, 15) is 0 Å². The van der Waals surface area contributed by atoms with Gasteiger partial charge in [-0.25, -0.2) is 9.98 Å². The van der Waals surface area contributed by atoms with Crippen molar-refractivity contribution in [2.24, 2.45) is 9.98 Å². The molecule has 0 saturated heterocycles. The zero-order valence-corrected chi connectivity index (χ0v) is 21.7. The quantitative estimate of drug-likeness (QED) is 0.236. The average molecular weight is 517 g/mol. The van der Waals surface area contributed by atoms with Gasteiger partial charge in [0.15, 0.2) is 0 Å². The van der Waals surface area contributed by atoms with Gasteiger partial charge in [-0.1, -0.05) is 97.1 Å². The first-order valence-electron chi connectivity index (χ1n) is 13.5. The minimum atomic E-state index is 0.530. The summed E-state index contributed by atoms with van der Waals surface area (Å²) in [6.07, 6.45) is 0. The number of fused-ring (bicyclic) bond motifs is 4. The monoisotopic (exact) mass is 516 g/mol. The number of hydrogen-bond donors (Lipinski definition) is 0. The van der Waals surface area contributed by atoms with Gasteiger partial charge in [-0.2, -0.15) is 0 Å². The lowest BCUT2D eigenvalue weighted by Crippen LogP contribution is -1.98. The van der Waals surface area contributed by atoms with Gasteiger partial charge in [-0.15, -0.1) is 0 Å².